The molecule has 0 radical (unpaired) electrons. The molecule has 0 aliphatic carbocycles. The van der Waals surface area contributed by atoms with Gasteiger partial charge in [-0.3, -0.25) is 0 Å². The topological polar surface area (TPSA) is 63.1 Å². The molecule has 0 spiro atoms. The SMILES string of the molecule is O=C(NCCCn1cnc2ccccc21)N1CCC(c2nc3cc(Cl)ccc3s2)CC1. The number of imidazole rings is 1. The molecule has 5 rings (SSSR count). The minimum atomic E-state index is 0.0324. The van der Waals surface area contributed by atoms with Crippen molar-refractivity contribution in [1.29, 1.82) is 0 Å². The Morgan fingerprint density at radius 1 is 1.16 bits per heavy atom. The van der Waals surface area contributed by atoms with Crippen LogP contribution in [0.1, 0.15) is 30.2 Å². The van der Waals surface area contributed by atoms with Crippen LogP contribution in [0.4, 0.5) is 4.79 Å². The molecular weight excluding hydrogens is 430 g/mol. The number of hydrogen-bond donors (Lipinski definition) is 1. The van der Waals surface area contributed by atoms with E-state index in [1.807, 2.05) is 47.6 Å². The number of para-hydroxylation sites is 2. The van der Waals surface area contributed by atoms with Gasteiger partial charge in [0.2, 0.25) is 0 Å². The van der Waals surface area contributed by atoms with Crippen LogP contribution in [0.2, 0.25) is 5.02 Å². The van der Waals surface area contributed by atoms with Gasteiger partial charge in [0.25, 0.3) is 0 Å². The molecule has 2 aromatic carbocycles. The second-order valence-electron chi connectivity index (χ2n) is 7.94. The summed E-state index contributed by atoms with van der Waals surface area (Å²) in [6.07, 6.45) is 4.63. The summed E-state index contributed by atoms with van der Waals surface area (Å²) in [6, 6.07) is 14.0. The number of fused-ring (bicyclic) bond motifs is 2. The lowest BCUT2D eigenvalue weighted by Crippen LogP contribution is -2.44. The normalized spacial score (nSPS) is 15.1. The van der Waals surface area contributed by atoms with Crippen molar-refractivity contribution in [3.63, 3.8) is 0 Å². The average molecular weight is 454 g/mol. The molecule has 0 bridgehead atoms. The molecular formula is C23H24ClN5OS. The van der Waals surface area contributed by atoms with E-state index in [2.05, 4.69) is 20.9 Å². The molecule has 1 N–H and O–H groups in total. The van der Waals surface area contributed by atoms with Crippen LogP contribution < -0.4 is 5.32 Å². The Balaban J connectivity index is 1.09. The summed E-state index contributed by atoms with van der Waals surface area (Å²) in [6.45, 7) is 3.02. The molecule has 1 aliphatic heterocycles. The summed E-state index contributed by atoms with van der Waals surface area (Å²) in [5.74, 6) is 0.412. The summed E-state index contributed by atoms with van der Waals surface area (Å²) in [4.78, 5) is 23.7. The molecule has 1 saturated heterocycles. The maximum Gasteiger partial charge on any atom is 0.317 e. The van der Waals surface area contributed by atoms with Crippen molar-refractivity contribution in [2.24, 2.45) is 0 Å². The fourth-order valence-corrected chi connectivity index (χ4v) is 5.45. The zero-order chi connectivity index (χ0) is 21.2. The monoisotopic (exact) mass is 453 g/mol. The Labute approximate surface area is 189 Å². The standard InChI is InChI=1S/C23H24ClN5OS/c24-17-6-7-21-19(14-17)27-22(31-21)16-8-12-28(13-9-16)23(30)25-10-3-11-29-15-26-18-4-1-2-5-20(18)29/h1-2,4-7,14-16H,3,8-13H2,(H,25,30). The molecule has 6 nitrogen and oxygen atoms in total. The van der Waals surface area contributed by atoms with Crippen LogP contribution in [0.25, 0.3) is 21.3 Å². The number of carbonyl (C=O) groups is 1. The van der Waals surface area contributed by atoms with Gasteiger partial charge in [-0.1, -0.05) is 23.7 Å². The molecule has 2 amide bonds. The van der Waals surface area contributed by atoms with Crippen LogP contribution in [0.15, 0.2) is 48.8 Å². The second kappa shape index (κ2) is 8.85. The highest BCUT2D eigenvalue weighted by Gasteiger charge is 2.25. The third-order valence-corrected chi connectivity index (χ3v) is 7.31. The van der Waals surface area contributed by atoms with Gasteiger partial charge in [0.1, 0.15) is 0 Å². The number of aromatic nitrogens is 3. The van der Waals surface area contributed by atoms with Crippen LogP contribution >= 0.6 is 22.9 Å². The molecule has 0 atom stereocenters. The third-order valence-electron chi connectivity index (χ3n) is 5.88. The predicted molar refractivity (Wildman–Crippen MR) is 126 cm³/mol. The van der Waals surface area contributed by atoms with Crippen molar-refractivity contribution in [3.05, 3.63) is 58.8 Å². The van der Waals surface area contributed by atoms with Gasteiger partial charge in [0.05, 0.1) is 32.6 Å². The van der Waals surface area contributed by atoms with E-state index in [1.165, 1.54) is 4.70 Å². The zero-order valence-corrected chi connectivity index (χ0v) is 18.7. The minimum absolute atomic E-state index is 0.0324. The van der Waals surface area contributed by atoms with Gasteiger partial charge in [-0.15, -0.1) is 11.3 Å². The quantitative estimate of drug-likeness (QED) is 0.418. The molecule has 0 saturated carbocycles. The number of nitrogens with one attached hydrogen (secondary N) is 1. The highest BCUT2D eigenvalue weighted by molar-refractivity contribution is 7.18. The molecule has 8 heteroatoms. The molecule has 160 valence electrons. The molecule has 31 heavy (non-hydrogen) atoms. The van der Waals surface area contributed by atoms with Gasteiger partial charge in [-0.05, 0) is 49.6 Å². The summed E-state index contributed by atoms with van der Waals surface area (Å²) < 4.78 is 3.31. The zero-order valence-electron chi connectivity index (χ0n) is 17.1. The van der Waals surface area contributed by atoms with Gasteiger partial charge >= 0.3 is 6.03 Å². The van der Waals surface area contributed by atoms with E-state index in [-0.39, 0.29) is 6.03 Å². The van der Waals surface area contributed by atoms with Crippen LogP contribution in [-0.4, -0.2) is 45.1 Å². The maximum atomic E-state index is 12.6. The van der Waals surface area contributed by atoms with Gasteiger partial charge in [-0.25, -0.2) is 14.8 Å². The number of nitrogens with zero attached hydrogens (tertiary/aromatic N) is 4. The van der Waals surface area contributed by atoms with E-state index >= 15 is 0 Å². The smallest absolute Gasteiger partial charge is 0.317 e. The molecule has 1 aliphatic rings. The van der Waals surface area contributed by atoms with Crippen molar-refractivity contribution in [2.45, 2.75) is 31.7 Å². The molecule has 0 unspecified atom stereocenters. The Morgan fingerprint density at radius 3 is 2.87 bits per heavy atom. The predicted octanol–water partition coefficient (Wildman–Crippen LogP) is 5.28. The number of hydrogen-bond acceptors (Lipinski definition) is 4. The number of urea groups is 1. The van der Waals surface area contributed by atoms with E-state index in [0.717, 1.165) is 65.5 Å². The maximum absolute atomic E-state index is 12.6. The molecule has 4 aromatic rings. The number of halogens is 1. The number of carbonyl (C=O) groups excluding carboxylic acids is 1. The number of amides is 2. The number of rotatable bonds is 5. The largest absolute Gasteiger partial charge is 0.338 e. The van der Waals surface area contributed by atoms with Gasteiger partial charge in [-0.2, -0.15) is 0 Å². The third kappa shape index (κ3) is 4.38. The first kappa shape index (κ1) is 20.3. The van der Waals surface area contributed by atoms with Crippen LogP contribution in [0.3, 0.4) is 0 Å². The van der Waals surface area contributed by atoms with E-state index < -0.39 is 0 Å². The van der Waals surface area contributed by atoms with Crippen LogP contribution in [-0.2, 0) is 6.54 Å². The number of aryl methyl sites for hydroxylation is 1. The fourth-order valence-electron chi connectivity index (χ4n) is 4.17. The molecule has 2 aromatic heterocycles. The van der Waals surface area contributed by atoms with Crippen molar-refractivity contribution in [1.82, 2.24) is 24.8 Å². The Hall–Kier alpha value is -2.64. The van der Waals surface area contributed by atoms with Crippen molar-refractivity contribution in [3.8, 4) is 0 Å². The van der Waals surface area contributed by atoms with E-state index in [1.54, 1.807) is 11.3 Å². The van der Waals surface area contributed by atoms with Gasteiger partial charge in [0.15, 0.2) is 0 Å². The van der Waals surface area contributed by atoms with Crippen molar-refractivity contribution < 1.29 is 4.79 Å². The van der Waals surface area contributed by atoms with E-state index in [0.29, 0.717) is 12.5 Å². The average Bonchev–Trinajstić information content (AvgIpc) is 3.40. The Kier molecular flexibility index (Phi) is 5.78. The fraction of sp³-hybridized carbons (Fsp3) is 0.348. The molecule has 3 heterocycles. The number of benzene rings is 2. The lowest BCUT2D eigenvalue weighted by Gasteiger charge is -2.31. The lowest BCUT2D eigenvalue weighted by atomic mass is 9.98. The lowest BCUT2D eigenvalue weighted by molar-refractivity contribution is 0.181. The number of thiazole rings is 1. The number of piperidine rings is 1. The van der Waals surface area contributed by atoms with E-state index in [4.69, 9.17) is 16.6 Å². The Bertz CT molecular complexity index is 1210. The van der Waals surface area contributed by atoms with E-state index in [9.17, 15) is 4.79 Å². The summed E-state index contributed by atoms with van der Waals surface area (Å²) in [5, 5.41) is 4.95. The highest BCUT2D eigenvalue weighted by atomic mass is 35.5. The minimum Gasteiger partial charge on any atom is -0.338 e. The van der Waals surface area contributed by atoms with Crippen LogP contribution in [0.5, 0.6) is 0 Å². The summed E-state index contributed by atoms with van der Waals surface area (Å²) in [5.41, 5.74) is 3.11. The van der Waals surface area contributed by atoms with Gasteiger partial charge < -0.3 is 14.8 Å². The highest BCUT2D eigenvalue weighted by Crippen LogP contribution is 2.34. The summed E-state index contributed by atoms with van der Waals surface area (Å²) >= 11 is 7.83. The first-order valence-electron chi connectivity index (χ1n) is 10.7. The van der Waals surface area contributed by atoms with Crippen molar-refractivity contribution in [2.75, 3.05) is 19.6 Å². The second-order valence-corrected chi connectivity index (χ2v) is 9.44. The summed E-state index contributed by atoms with van der Waals surface area (Å²) in [7, 11) is 0. The van der Waals surface area contributed by atoms with Crippen LogP contribution in [0, 0.1) is 0 Å². The first-order valence-corrected chi connectivity index (χ1v) is 11.9. The van der Waals surface area contributed by atoms with Crippen molar-refractivity contribution >= 4 is 50.2 Å². The number of likely N-dealkylation sites (tertiary alicyclic amines) is 1. The first-order chi connectivity index (χ1) is 15.2. The van der Waals surface area contributed by atoms with Gasteiger partial charge in [0, 0.05) is 37.1 Å². The Morgan fingerprint density at radius 2 is 2.00 bits per heavy atom. The molecule has 1 fully saturated rings.